The third kappa shape index (κ3) is 4.04. The zero-order valence-corrected chi connectivity index (χ0v) is 15.6. The lowest BCUT2D eigenvalue weighted by Gasteiger charge is -2.41. The minimum Gasteiger partial charge on any atom is -0.467 e. The van der Waals surface area contributed by atoms with Crippen molar-refractivity contribution >= 4 is 17.2 Å². The molecule has 2 aliphatic rings. The van der Waals surface area contributed by atoms with Gasteiger partial charge >= 0.3 is 0 Å². The van der Waals surface area contributed by atoms with Gasteiger partial charge in [-0.25, -0.2) is 4.98 Å². The number of nitrogens with zero attached hydrogens (tertiary/aromatic N) is 4. The Morgan fingerprint density at radius 3 is 2.50 bits per heavy atom. The summed E-state index contributed by atoms with van der Waals surface area (Å²) in [5.74, 6) is 0.0552. The molecular formula is C19H24N4O2S. The smallest absolute Gasteiger partial charge is 0.273 e. The second-order valence-electron chi connectivity index (χ2n) is 6.89. The number of carbonyl (C=O) groups is 1. The van der Waals surface area contributed by atoms with E-state index in [0.717, 1.165) is 57.1 Å². The summed E-state index contributed by atoms with van der Waals surface area (Å²) in [6.45, 7) is 3.76. The van der Waals surface area contributed by atoms with Gasteiger partial charge in [-0.05, 0) is 37.8 Å². The molecule has 0 unspecified atom stereocenters. The summed E-state index contributed by atoms with van der Waals surface area (Å²) in [6.07, 6.45) is 7.92. The molecule has 7 heteroatoms. The van der Waals surface area contributed by atoms with Crippen LogP contribution in [0.5, 0.6) is 5.19 Å². The van der Waals surface area contributed by atoms with Gasteiger partial charge in [0.05, 0.1) is 0 Å². The fourth-order valence-corrected chi connectivity index (χ4v) is 4.41. The van der Waals surface area contributed by atoms with Gasteiger partial charge in [-0.3, -0.25) is 14.7 Å². The summed E-state index contributed by atoms with van der Waals surface area (Å²) in [5.41, 5.74) is 0.547. The van der Waals surface area contributed by atoms with E-state index in [1.54, 1.807) is 29.8 Å². The third-order valence-corrected chi connectivity index (χ3v) is 5.97. The molecule has 2 aliphatic heterocycles. The number of rotatable bonds is 4. The molecule has 2 aromatic heterocycles. The summed E-state index contributed by atoms with van der Waals surface area (Å²) in [7, 11) is 0. The Balaban J connectivity index is 1.23. The molecule has 2 aromatic rings. The average molecular weight is 372 g/mol. The van der Waals surface area contributed by atoms with E-state index in [2.05, 4.69) is 14.9 Å². The minimum atomic E-state index is 0.0552. The van der Waals surface area contributed by atoms with Crippen molar-refractivity contribution in [1.29, 1.82) is 0 Å². The molecular weight excluding hydrogens is 348 g/mol. The van der Waals surface area contributed by atoms with Gasteiger partial charge in [-0.1, -0.05) is 17.4 Å². The number of piperidine rings is 2. The molecule has 0 saturated carbocycles. The maximum Gasteiger partial charge on any atom is 0.273 e. The van der Waals surface area contributed by atoms with Crippen molar-refractivity contribution in [3.63, 3.8) is 0 Å². The van der Waals surface area contributed by atoms with Crippen LogP contribution in [0.3, 0.4) is 0 Å². The Hall–Kier alpha value is -1.99. The van der Waals surface area contributed by atoms with E-state index in [0.29, 0.717) is 11.7 Å². The van der Waals surface area contributed by atoms with E-state index < -0.39 is 0 Å². The van der Waals surface area contributed by atoms with Crippen molar-refractivity contribution in [1.82, 2.24) is 19.8 Å². The number of hydrogen-bond donors (Lipinski definition) is 0. The van der Waals surface area contributed by atoms with Crippen LogP contribution in [0, 0.1) is 0 Å². The Kier molecular flexibility index (Phi) is 5.45. The molecule has 0 spiro atoms. The van der Waals surface area contributed by atoms with Crippen molar-refractivity contribution in [3.8, 4) is 5.19 Å². The molecule has 26 heavy (non-hydrogen) atoms. The lowest BCUT2D eigenvalue weighted by atomic mass is 9.98. The second-order valence-corrected chi connectivity index (χ2v) is 7.75. The zero-order chi connectivity index (χ0) is 17.8. The molecule has 4 heterocycles. The zero-order valence-electron chi connectivity index (χ0n) is 14.8. The average Bonchev–Trinajstić information content (AvgIpc) is 3.22. The number of pyridine rings is 1. The first-order valence-electron chi connectivity index (χ1n) is 9.30. The van der Waals surface area contributed by atoms with Crippen molar-refractivity contribution in [2.24, 2.45) is 0 Å². The number of hydrogen-bond acceptors (Lipinski definition) is 6. The molecule has 0 aromatic carbocycles. The van der Waals surface area contributed by atoms with E-state index in [9.17, 15) is 4.79 Å². The highest BCUT2D eigenvalue weighted by molar-refractivity contribution is 7.11. The number of amides is 1. The van der Waals surface area contributed by atoms with Gasteiger partial charge < -0.3 is 9.64 Å². The molecule has 0 radical (unpaired) electrons. The first-order valence-corrected chi connectivity index (χ1v) is 10.2. The van der Waals surface area contributed by atoms with E-state index in [1.807, 2.05) is 22.4 Å². The van der Waals surface area contributed by atoms with Crippen LogP contribution in [0.4, 0.5) is 0 Å². The van der Waals surface area contributed by atoms with Gasteiger partial charge in [0.1, 0.15) is 11.8 Å². The fourth-order valence-electron chi connectivity index (χ4n) is 3.86. The van der Waals surface area contributed by atoms with Crippen LogP contribution in [0.25, 0.3) is 0 Å². The molecule has 4 rings (SSSR count). The summed E-state index contributed by atoms with van der Waals surface area (Å²) >= 11 is 1.56. The first kappa shape index (κ1) is 17.4. The van der Waals surface area contributed by atoms with E-state index in [4.69, 9.17) is 4.74 Å². The van der Waals surface area contributed by atoms with Gasteiger partial charge in [-0.15, -0.1) is 0 Å². The van der Waals surface area contributed by atoms with Crippen LogP contribution in [0.1, 0.15) is 36.2 Å². The predicted molar refractivity (Wildman–Crippen MR) is 100 cm³/mol. The number of thiazole rings is 1. The Bertz CT molecular complexity index is 694. The Labute approximate surface area is 157 Å². The maximum atomic E-state index is 12.5. The number of ether oxygens (including phenoxy) is 1. The maximum absolute atomic E-state index is 12.5. The standard InChI is InChI=1S/C19H24N4O2S/c24-18(17-3-1-2-8-20-17)23-10-4-15(5-11-23)22-12-6-16(7-13-22)25-19-21-9-14-26-19/h1-3,8-9,14-16H,4-7,10-13H2. The van der Waals surface area contributed by atoms with E-state index in [1.165, 1.54) is 0 Å². The molecule has 138 valence electrons. The van der Waals surface area contributed by atoms with Crippen LogP contribution in [0.2, 0.25) is 0 Å². The first-order chi connectivity index (χ1) is 12.8. The minimum absolute atomic E-state index is 0.0552. The number of likely N-dealkylation sites (tertiary alicyclic amines) is 2. The monoisotopic (exact) mass is 372 g/mol. The highest BCUT2D eigenvalue weighted by Gasteiger charge is 2.30. The quantitative estimate of drug-likeness (QED) is 0.826. The molecule has 0 atom stereocenters. The molecule has 1 amide bonds. The highest BCUT2D eigenvalue weighted by Crippen LogP contribution is 2.25. The van der Waals surface area contributed by atoms with Crippen LogP contribution in [-0.4, -0.2) is 64.0 Å². The van der Waals surface area contributed by atoms with Gasteiger partial charge in [0.2, 0.25) is 0 Å². The van der Waals surface area contributed by atoms with Gasteiger partial charge in [0.25, 0.3) is 11.1 Å². The van der Waals surface area contributed by atoms with E-state index >= 15 is 0 Å². The lowest BCUT2D eigenvalue weighted by Crippen LogP contribution is -2.50. The van der Waals surface area contributed by atoms with Crippen molar-refractivity contribution in [2.45, 2.75) is 37.8 Å². The second kappa shape index (κ2) is 8.14. The highest BCUT2D eigenvalue weighted by atomic mass is 32.1. The van der Waals surface area contributed by atoms with Crippen molar-refractivity contribution in [3.05, 3.63) is 41.7 Å². The normalized spacial score (nSPS) is 20.2. The van der Waals surface area contributed by atoms with Gasteiger partial charge in [-0.2, -0.15) is 0 Å². The Morgan fingerprint density at radius 2 is 1.85 bits per heavy atom. The molecule has 2 saturated heterocycles. The number of aromatic nitrogens is 2. The molecule has 0 bridgehead atoms. The van der Waals surface area contributed by atoms with Crippen LogP contribution in [-0.2, 0) is 0 Å². The fraction of sp³-hybridized carbons (Fsp3) is 0.526. The molecule has 2 fully saturated rings. The summed E-state index contributed by atoms with van der Waals surface area (Å²) in [5, 5.41) is 2.73. The Morgan fingerprint density at radius 1 is 1.04 bits per heavy atom. The lowest BCUT2D eigenvalue weighted by molar-refractivity contribution is 0.0422. The molecule has 0 N–H and O–H groups in total. The van der Waals surface area contributed by atoms with Crippen LogP contribution in [0.15, 0.2) is 36.0 Å². The topological polar surface area (TPSA) is 58.6 Å². The molecule has 6 nitrogen and oxygen atoms in total. The molecule has 0 aliphatic carbocycles. The van der Waals surface area contributed by atoms with Gasteiger partial charge in [0, 0.05) is 50.0 Å². The summed E-state index contributed by atoms with van der Waals surface area (Å²) in [4.78, 5) is 25.4. The van der Waals surface area contributed by atoms with Crippen LogP contribution < -0.4 is 4.74 Å². The number of carbonyl (C=O) groups excluding carboxylic acids is 1. The van der Waals surface area contributed by atoms with Crippen LogP contribution >= 0.6 is 11.3 Å². The van der Waals surface area contributed by atoms with Crippen molar-refractivity contribution in [2.75, 3.05) is 26.2 Å². The SMILES string of the molecule is O=C(c1ccccn1)N1CCC(N2CCC(Oc3nccs3)CC2)CC1. The summed E-state index contributed by atoms with van der Waals surface area (Å²) in [6, 6.07) is 6.07. The van der Waals surface area contributed by atoms with Gasteiger partial charge in [0.15, 0.2) is 0 Å². The van der Waals surface area contributed by atoms with Crippen molar-refractivity contribution < 1.29 is 9.53 Å². The van der Waals surface area contributed by atoms with E-state index in [-0.39, 0.29) is 12.0 Å². The summed E-state index contributed by atoms with van der Waals surface area (Å²) < 4.78 is 5.95. The largest absolute Gasteiger partial charge is 0.467 e. The third-order valence-electron chi connectivity index (χ3n) is 5.31. The predicted octanol–water partition coefficient (Wildman–Crippen LogP) is 2.69.